The van der Waals surface area contributed by atoms with Gasteiger partial charge in [0.1, 0.15) is 5.82 Å². The average Bonchev–Trinajstić information content (AvgIpc) is 2.67. The van der Waals surface area contributed by atoms with Crippen molar-refractivity contribution < 1.29 is 9.47 Å². The van der Waals surface area contributed by atoms with E-state index in [9.17, 15) is 0 Å². The summed E-state index contributed by atoms with van der Waals surface area (Å²) in [5, 5.41) is 0.784. The van der Waals surface area contributed by atoms with Gasteiger partial charge < -0.3 is 15.2 Å². The number of nitrogens with zero attached hydrogens (tertiary/aromatic N) is 1. The van der Waals surface area contributed by atoms with Gasteiger partial charge >= 0.3 is 0 Å². The third kappa shape index (κ3) is 2.49. The second-order valence-corrected chi connectivity index (χ2v) is 5.21. The Kier molecular flexibility index (Phi) is 3.59. The van der Waals surface area contributed by atoms with E-state index in [1.165, 1.54) is 0 Å². The Morgan fingerprint density at radius 2 is 1.75 bits per heavy atom. The predicted octanol–water partition coefficient (Wildman–Crippen LogP) is 3.80. The van der Waals surface area contributed by atoms with Gasteiger partial charge in [0.2, 0.25) is 0 Å². The molecule has 104 valence electrons. The molecule has 6 heteroatoms. The van der Waals surface area contributed by atoms with Crippen molar-refractivity contribution in [2.24, 2.45) is 0 Å². The van der Waals surface area contributed by atoms with Crippen molar-refractivity contribution in [3.8, 4) is 22.8 Å². The molecular weight excluding hydrogens is 299 g/mol. The topological polar surface area (TPSA) is 57.4 Å². The first kappa shape index (κ1) is 13.3. The number of rotatable bonds is 1. The van der Waals surface area contributed by atoms with E-state index in [2.05, 4.69) is 4.98 Å². The van der Waals surface area contributed by atoms with Gasteiger partial charge in [0, 0.05) is 12.0 Å². The van der Waals surface area contributed by atoms with Gasteiger partial charge in [-0.15, -0.1) is 0 Å². The van der Waals surface area contributed by atoms with E-state index in [0.717, 1.165) is 17.7 Å². The van der Waals surface area contributed by atoms with Gasteiger partial charge in [-0.2, -0.15) is 0 Å². The molecule has 0 radical (unpaired) electrons. The summed E-state index contributed by atoms with van der Waals surface area (Å²) in [5.41, 5.74) is 7.11. The summed E-state index contributed by atoms with van der Waals surface area (Å²) < 4.78 is 11.2. The molecule has 0 spiro atoms. The van der Waals surface area contributed by atoms with E-state index >= 15 is 0 Å². The van der Waals surface area contributed by atoms with Gasteiger partial charge in [-0.25, -0.2) is 4.98 Å². The predicted molar refractivity (Wildman–Crippen MR) is 79.7 cm³/mol. The molecule has 1 aliphatic rings. The number of aromatic nitrogens is 1. The number of anilines is 1. The highest BCUT2D eigenvalue weighted by Crippen LogP contribution is 2.37. The fourth-order valence-electron chi connectivity index (χ4n) is 1.99. The SMILES string of the molecule is Nc1nc(-c2ccc3c(c2)OCCCO3)c(Cl)cc1Cl. The van der Waals surface area contributed by atoms with Crippen LogP contribution in [0.2, 0.25) is 10.0 Å². The average molecular weight is 311 g/mol. The van der Waals surface area contributed by atoms with Crippen LogP contribution >= 0.6 is 23.2 Å². The van der Waals surface area contributed by atoms with E-state index in [1.807, 2.05) is 18.2 Å². The molecule has 4 nitrogen and oxygen atoms in total. The number of nitrogen functional groups attached to an aromatic ring is 1. The molecule has 0 saturated heterocycles. The van der Waals surface area contributed by atoms with Gasteiger partial charge in [0.25, 0.3) is 0 Å². The minimum atomic E-state index is 0.248. The zero-order chi connectivity index (χ0) is 14.1. The number of nitrogens with two attached hydrogens (primary N) is 1. The van der Waals surface area contributed by atoms with E-state index in [0.29, 0.717) is 34.7 Å². The lowest BCUT2D eigenvalue weighted by Gasteiger charge is -2.11. The van der Waals surface area contributed by atoms with Crippen molar-refractivity contribution in [1.82, 2.24) is 4.98 Å². The maximum Gasteiger partial charge on any atom is 0.161 e. The first-order valence-electron chi connectivity index (χ1n) is 6.16. The minimum Gasteiger partial charge on any atom is -0.490 e. The van der Waals surface area contributed by atoms with Crippen LogP contribution in [0.1, 0.15) is 6.42 Å². The van der Waals surface area contributed by atoms with Crippen LogP contribution in [0.4, 0.5) is 5.82 Å². The second kappa shape index (κ2) is 5.38. The highest BCUT2D eigenvalue weighted by molar-refractivity contribution is 6.37. The Morgan fingerprint density at radius 3 is 2.55 bits per heavy atom. The summed E-state index contributed by atoms with van der Waals surface area (Å²) in [6.45, 7) is 1.28. The second-order valence-electron chi connectivity index (χ2n) is 4.40. The number of benzene rings is 1. The van der Waals surface area contributed by atoms with Crippen LogP contribution in [0.15, 0.2) is 24.3 Å². The van der Waals surface area contributed by atoms with Crippen LogP contribution in [-0.2, 0) is 0 Å². The molecule has 0 bridgehead atoms. The Bertz CT molecular complexity index is 662. The summed E-state index contributed by atoms with van der Waals surface area (Å²) in [6.07, 6.45) is 0.858. The number of hydrogen-bond donors (Lipinski definition) is 1. The minimum absolute atomic E-state index is 0.248. The third-order valence-electron chi connectivity index (χ3n) is 2.98. The number of ether oxygens (including phenoxy) is 2. The lowest BCUT2D eigenvalue weighted by Crippen LogP contribution is -1.97. The number of hydrogen-bond acceptors (Lipinski definition) is 4. The summed E-state index contributed by atoms with van der Waals surface area (Å²) in [4.78, 5) is 4.23. The number of fused-ring (bicyclic) bond motifs is 1. The van der Waals surface area contributed by atoms with Crippen LogP contribution < -0.4 is 15.2 Å². The highest BCUT2D eigenvalue weighted by Gasteiger charge is 2.14. The van der Waals surface area contributed by atoms with Gasteiger partial charge in [0.05, 0.1) is 29.0 Å². The van der Waals surface area contributed by atoms with Crippen molar-refractivity contribution in [2.45, 2.75) is 6.42 Å². The van der Waals surface area contributed by atoms with Gasteiger partial charge in [-0.3, -0.25) is 0 Å². The van der Waals surface area contributed by atoms with E-state index in [-0.39, 0.29) is 5.82 Å². The first-order valence-corrected chi connectivity index (χ1v) is 6.92. The fraction of sp³-hybridized carbons (Fsp3) is 0.214. The van der Waals surface area contributed by atoms with Crippen molar-refractivity contribution in [2.75, 3.05) is 18.9 Å². The summed E-state index contributed by atoms with van der Waals surface area (Å²) in [6, 6.07) is 7.15. The van der Waals surface area contributed by atoms with E-state index in [4.69, 9.17) is 38.4 Å². The quantitative estimate of drug-likeness (QED) is 0.870. The van der Waals surface area contributed by atoms with Gasteiger partial charge in [0.15, 0.2) is 11.5 Å². The maximum atomic E-state index is 6.18. The summed E-state index contributed by atoms with van der Waals surface area (Å²) >= 11 is 12.1. The molecule has 0 atom stereocenters. The Morgan fingerprint density at radius 1 is 1.00 bits per heavy atom. The van der Waals surface area contributed by atoms with Crippen molar-refractivity contribution in [3.05, 3.63) is 34.3 Å². The van der Waals surface area contributed by atoms with Crippen LogP contribution in [0.3, 0.4) is 0 Å². The zero-order valence-electron chi connectivity index (χ0n) is 10.5. The lowest BCUT2D eigenvalue weighted by atomic mass is 10.1. The summed E-state index contributed by atoms with van der Waals surface area (Å²) in [5.74, 6) is 1.66. The van der Waals surface area contributed by atoms with Gasteiger partial charge in [-0.05, 0) is 24.3 Å². The summed E-state index contributed by atoms with van der Waals surface area (Å²) in [7, 11) is 0. The van der Waals surface area contributed by atoms with Crippen LogP contribution in [0, 0.1) is 0 Å². The monoisotopic (exact) mass is 310 g/mol. The fourth-order valence-corrected chi connectivity index (χ4v) is 2.46. The van der Waals surface area contributed by atoms with Crippen LogP contribution in [0.5, 0.6) is 11.5 Å². The molecule has 2 aromatic rings. The van der Waals surface area contributed by atoms with E-state index < -0.39 is 0 Å². The first-order chi connectivity index (χ1) is 9.65. The highest BCUT2D eigenvalue weighted by atomic mass is 35.5. The Labute approximate surface area is 126 Å². The molecule has 0 unspecified atom stereocenters. The molecule has 0 amide bonds. The van der Waals surface area contributed by atoms with Crippen LogP contribution in [0.25, 0.3) is 11.3 Å². The largest absolute Gasteiger partial charge is 0.490 e. The Balaban J connectivity index is 2.07. The molecular formula is C14H12Cl2N2O2. The lowest BCUT2D eigenvalue weighted by molar-refractivity contribution is 0.297. The molecule has 1 aromatic carbocycles. The number of halogens is 2. The molecule has 1 aliphatic heterocycles. The van der Waals surface area contributed by atoms with Crippen LogP contribution in [-0.4, -0.2) is 18.2 Å². The van der Waals surface area contributed by atoms with Crippen molar-refractivity contribution in [1.29, 1.82) is 0 Å². The van der Waals surface area contributed by atoms with Crippen molar-refractivity contribution in [3.63, 3.8) is 0 Å². The van der Waals surface area contributed by atoms with Gasteiger partial charge in [-0.1, -0.05) is 23.2 Å². The van der Waals surface area contributed by atoms with Crippen molar-refractivity contribution >= 4 is 29.0 Å². The smallest absolute Gasteiger partial charge is 0.161 e. The molecule has 20 heavy (non-hydrogen) atoms. The zero-order valence-corrected chi connectivity index (χ0v) is 12.0. The molecule has 0 fully saturated rings. The maximum absolute atomic E-state index is 6.18. The molecule has 1 aromatic heterocycles. The molecule has 3 rings (SSSR count). The molecule has 0 saturated carbocycles. The standard InChI is InChI=1S/C14H12Cl2N2O2/c15-9-7-10(16)14(17)18-13(9)8-2-3-11-12(6-8)20-5-1-4-19-11/h2-3,6-7H,1,4-5H2,(H2,17,18). The third-order valence-corrected chi connectivity index (χ3v) is 3.57. The Hall–Kier alpha value is -1.65. The molecule has 0 aliphatic carbocycles. The molecule has 2 heterocycles. The molecule has 2 N–H and O–H groups in total. The normalized spacial score (nSPS) is 13.9. The number of pyridine rings is 1. The van der Waals surface area contributed by atoms with E-state index in [1.54, 1.807) is 6.07 Å².